The number of nitrogens with zero attached hydrogens (tertiary/aromatic N) is 3. The lowest BCUT2D eigenvalue weighted by molar-refractivity contribution is 0.0908. The van der Waals surface area contributed by atoms with E-state index in [4.69, 9.17) is 27.9 Å². The summed E-state index contributed by atoms with van der Waals surface area (Å²) in [4.78, 5) is 28.8. The Labute approximate surface area is 237 Å². The predicted molar refractivity (Wildman–Crippen MR) is 150 cm³/mol. The molecule has 2 heterocycles. The number of ketones is 2. The Kier molecular flexibility index (Phi) is 7.88. The third kappa shape index (κ3) is 6.06. The zero-order chi connectivity index (χ0) is 27.9. The van der Waals surface area contributed by atoms with Gasteiger partial charge in [0.05, 0.1) is 22.2 Å². The Bertz CT molecular complexity index is 1530. The molecule has 1 aliphatic carbocycles. The lowest BCUT2D eigenvalue weighted by atomic mass is 9.99. The second-order valence-electron chi connectivity index (χ2n) is 10.2. The van der Waals surface area contributed by atoms with E-state index in [1.165, 1.54) is 4.68 Å². The molecular formula is C28H29Cl2N3O5S. The van der Waals surface area contributed by atoms with E-state index in [-0.39, 0.29) is 52.1 Å². The van der Waals surface area contributed by atoms with Gasteiger partial charge in [0.25, 0.3) is 0 Å². The Hall–Kier alpha value is -2.72. The molecule has 3 aromatic rings. The van der Waals surface area contributed by atoms with Gasteiger partial charge >= 0.3 is 0 Å². The second-order valence-corrected chi connectivity index (χ2v) is 13.3. The molecule has 2 fully saturated rings. The number of Topliss-reactive ketones (excluding diaryl/α,β-unsaturated/α-hetero) is 1. The maximum Gasteiger partial charge on any atom is 0.223 e. The molecule has 1 aliphatic heterocycles. The van der Waals surface area contributed by atoms with Crippen molar-refractivity contribution in [2.75, 3.05) is 31.2 Å². The lowest BCUT2D eigenvalue weighted by Crippen LogP contribution is -2.39. The standard InChI is InChI=1S/C28H29Cl2N3O5S/c1-17-3-5-18(6-4-17)23(34)16-38-28-24(26(19-7-8-19)31-32(28)2)27(35)20-9-10-22(29)21(25(20)30)15-33-11-13-39(36,37)14-12-33/h3-6,9-10,19H,7-8,11-16H2,1-2H3. The van der Waals surface area contributed by atoms with Gasteiger partial charge in [-0.15, -0.1) is 0 Å². The van der Waals surface area contributed by atoms with E-state index >= 15 is 0 Å². The van der Waals surface area contributed by atoms with Crippen LogP contribution in [0, 0.1) is 6.92 Å². The van der Waals surface area contributed by atoms with Crippen molar-refractivity contribution in [3.63, 3.8) is 0 Å². The van der Waals surface area contributed by atoms with Crippen LogP contribution < -0.4 is 4.74 Å². The third-order valence-corrected chi connectivity index (χ3v) is 9.57. The van der Waals surface area contributed by atoms with Crippen molar-refractivity contribution >= 4 is 44.6 Å². The Balaban J connectivity index is 1.43. The number of ether oxygens (including phenoxy) is 1. The van der Waals surface area contributed by atoms with Gasteiger partial charge in [0.2, 0.25) is 11.7 Å². The van der Waals surface area contributed by atoms with Gasteiger partial charge < -0.3 is 4.74 Å². The summed E-state index contributed by atoms with van der Waals surface area (Å²) in [5.41, 5.74) is 3.33. The minimum atomic E-state index is -3.04. The number of hydrogen-bond donors (Lipinski definition) is 0. The van der Waals surface area contributed by atoms with Crippen LogP contribution in [0.4, 0.5) is 0 Å². The molecule has 5 rings (SSSR count). The number of halogens is 2. The number of carbonyl (C=O) groups is 2. The van der Waals surface area contributed by atoms with E-state index < -0.39 is 9.84 Å². The number of aromatic nitrogens is 2. The third-order valence-electron chi connectivity index (χ3n) is 7.18. The van der Waals surface area contributed by atoms with Crippen molar-refractivity contribution in [2.45, 2.75) is 32.2 Å². The van der Waals surface area contributed by atoms with Crippen LogP contribution >= 0.6 is 23.2 Å². The number of hydrogen-bond acceptors (Lipinski definition) is 7. The molecule has 0 bridgehead atoms. The Morgan fingerprint density at radius 3 is 2.36 bits per heavy atom. The summed E-state index contributed by atoms with van der Waals surface area (Å²) in [5.74, 6) is -0.0609. The van der Waals surface area contributed by atoms with E-state index in [1.54, 1.807) is 31.3 Å². The summed E-state index contributed by atoms with van der Waals surface area (Å²) in [6, 6.07) is 10.4. The van der Waals surface area contributed by atoms with Crippen molar-refractivity contribution in [2.24, 2.45) is 7.05 Å². The number of aryl methyl sites for hydroxylation is 2. The molecule has 39 heavy (non-hydrogen) atoms. The number of rotatable bonds is 9. The van der Waals surface area contributed by atoms with Crippen molar-refractivity contribution in [3.05, 3.63) is 80.0 Å². The molecule has 0 unspecified atom stereocenters. The molecule has 1 saturated heterocycles. The van der Waals surface area contributed by atoms with Crippen molar-refractivity contribution in [3.8, 4) is 5.88 Å². The quantitative estimate of drug-likeness (QED) is 0.335. The fourth-order valence-electron chi connectivity index (χ4n) is 4.69. The summed E-state index contributed by atoms with van der Waals surface area (Å²) < 4.78 is 31.1. The number of benzene rings is 2. The molecule has 1 saturated carbocycles. The summed E-state index contributed by atoms with van der Waals surface area (Å²) in [6.07, 6.45) is 1.83. The zero-order valence-corrected chi connectivity index (χ0v) is 24.1. The fourth-order valence-corrected chi connectivity index (χ4v) is 6.54. The van der Waals surface area contributed by atoms with Crippen LogP contribution in [0.3, 0.4) is 0 Å². The zero-order valence-electron chi connectivity index (χ0n) is 21.7. The first-order valence-corrected chi connectivity index (χ1v) is 15.4. The van der Waals surface area contributed by atoms with Crippen LogP contribution in [0.2, 0.25) is 10.0 Å². The molecule has 8 nitrogen and oxygen atoms in total. The highest BCUT2D eigenvalue weighted by Crippen LogP contribution is 2.44. The molecule has 206 valence electrons. The summed E-state index contributed by atoms with van der Waals surface area (Å²) in [5, 5.41) is 5.20. The average Bonchev–Trinajstić information content (AvgIpc) is 3.69. The van der Waals surface area contributed by atoms with Crippen LogP contribution in [0.1, 0.15) is 61.9 Å². The van der Waals surface area contributed by atoms with Crippen molar-refractivity contribution < 1.29 is 22.7 Å². The molecule has 0 spiro atoms. The van der Waals surface area contributed by atoms with Gasteiger partial charge in [0, 0.05) is 54.3 Å². The van der Waals surface area contributed by atoms with Crippen molar-refractivity contribution in [1.29, 1.82) is 0 Å². The maximum atomic E-state index is 14.0. The largest absolute Gasteiger partial charge is 0.469 e. The van der Waals surface area contributed by atoms with Crippen molar-refractivity contribution in [1.82, 2.24) is 14.7 Å². The van der Waals surface area contributed by atoms with Gasteiger partial charge in [-0.1, -0.05) is 53.0 Å². The molecule has 0 radical (unpaired) electrons. The first-order chi connectivity index (χ1) is 18.5. The molecule has 2 aliphatic rings. The molecule has 0 N–H and O–H groups in total. The summed E-state index contributed by atoms with van der Waals surface area (Å²) >= 11 is 13.3. The molecule has 0 amide bonds. The fraction of sp³-hybridized carbons (Fsp3) is 0.393. The molecule has 11 heteroatoms. The second kappa shape index (κ2) is 11.0. The minimum absolute atomic E-state index is 0.0727. The SMILES string of the molecule is Cc1ccc(C(=O)COc2c(C(=O)c3ccc(Cl)c(CN4CCS(=O)(=O)CC4)c3Cl)c(C3CC3)nn2C)cc1. The average molecular weight is 591 g/mol. The van der Waals surface area contributed by atoms with E-state index in [0.717, 1.165) is 18.4 Å². The maximum absolute atomic E-state index is 14.0. The van der Waals surface area contributed by atoms with Crippen LogP contribution in [0.5, 0.6) is 5.88 Å². The van der Waals surface area contributed by atoms with Gasteiger partial charge in [0.1, 0.15) is 5.56 Å². The molecular weight excluding hydrogens is 561 g/mol. The van der Waals surface area contributed by atoms with E-state index in [9.17, 15) is 18.0 Å². The summed E-state index contributed by atoms with van der Waals surface area (Å²) in [7, 11) is -1.35. The predicted octanol–water partition coefficient (Wildman–Crippen LogP) is 4.64. The monoisotopic (exact) mass is 589 g/mol. The first kappa shape index (κ1) is 27.8. The number of sulfone groups is 1. The van der Waals surface area contributed by atoms with Crippen LogP contribution in [0.15, 0.2) is 36.4 Å². The van der Waals surface area contributed by atoms with Crippen LogP contribution in [-0.4, -0.2) is 65.9 Å². The molecule has 0 atom stereocenters. The Morgan fingerprint density at radius 2 is 1.72 bits per heavy atom. The van der Waals surface area contributed by atoms with Gasteiger partial charge in [0.15, 0.2) is 22.2 Å². The molecule has 1 aromatic heterocycles. The van der Waals surface area contributed by atoms with Gasteiger partial charge in [-0.25, -0.2) is 13.1 Å². The topological polar surface area (TPSA) is 98.6 Å². The highest BCUT2D eigenvalue weighted by molar-refractivity contribution is 7.91. The molecule has 2 aromatic carbocycles. The van der Waals surface area contributed by atoms with Crippen LogP contribution in [-0.2, 0) is 23.4 Å². The summed E-state index contributed by atoms with van der Waals surface area (Å²) in [6.45, 7) is 2.76. The van der Waals surface area contributed by atoms with Gasteiger partial charge in [-0.2, -0.15) is 5.10 Å². The van der Waals surface area contributed by atoms with E-state index in [2.05, 4.69) is 5.10 Å². The lowest BCUT2D eigenvalue weighted by Gasteiger charge is -2.27. The van der Waals surface area contributed by atoms with E-state index in [0.29, 0.717) is 47.0 Å². The smallest absolute Gasteiger partial charge is 0.223 e. The van der Waals surface area contributed by atoms with Crippen LogP contribution in [0.25, 0.3) is 0 Å². The minimum Gasteiger partial charge on any atom is -0.469 e. The highest BCUT2D eigenvalue weighted by Gasteiger charge is 2.36. The van der Waals surface area contributed by atoms with Gasteiger partial charge in [-0.3, -0.25) is 14.5 Å². The number of carbonyl (C=O) groups excluding carboxylic acids is 2. The highest BCUT2D eigenvalue weighted by atomic mass is 35.5. The van der Waals surface area contributed by atoms with E-state index in [1.807, 2.05) is 24.0 Å². The van der Waals surface area contributed by atoms with Gasteiger partial charge in [-0.05, 0) is 31.9 Å². The first-order valence-electron chi connectivity index (χ1n) is 12.8. The Morgan fingerprint density at radius 1 is 1.05 bits per heavy atom. The normalized spacial score (nSPS) is 17.2.